The van der Waals surface area contributed by atoms with Crippen LogP contribution >= 0.6 is 0 Å². The Hall–Kier alpha value is -1.75. The van der Waals surface area contributed by atoms with Crippen molar-refractivity contribution in [1.29, 1.82) is 0 Å². The first-order valence-electron chi connectivity index (χ1n) is 7.49. The molecule has 0 radical (unpaired) electrons. The molecule has 0 aliphatic carbocycles. The van der Waals surface area contributed by atoms with Crippen molar-refractivity contribution < 1.29 is 9.53 Å². The Balaban J connectivity index is 2.11. The number of anilines is 1. The number of nitrogen functional groups attached to an aromatic ring is 1. The molecule has 0 spiro atoms. The fourth-order valence-corrected chi connectivity index (χ4v) is 2.87. The molecular weight excluding hydrogens is 266 g/mol. The number of carbonyl (C=O) groups is 1. The van der Waals surface area contributed by atoms with Crippen molar-refractivity contribution >= 4 is 11.6 Å². The van der Waals surface area contributed by atoms with Gasteiger partial charge in [-0.2, -0.15) is 0 Å². The molecule has 5 nitrogen and oxygen atoms in total. The van der Waals surface area contributed by atoms with Crippen molar-refractivity contribution in [2.24, 2.45) is 0 Å². The van der Waals surface area contributed by atoms with Crippen molar-refractivity contribution in [3.05, 3.63) is 23.8 Å². The minimum absolute atomic E-state index is 0.0194. The summed E-state index contributed by atoms with van der Waals surface area (Å²) in [4.78, 5) is 17.0. The van der Waals surface area contributed by atoms with Gasteiger partial charge < -0.3 is 20.3 Å². The quantitative estimate of drug-likeness (QED) is 0.860. The minimum Gasteiger partial charge on any atom is -0.496 e. The van der Waals surface area contributed by atoms with Crippen LogP contribution in [0.5, 0.6) is 5.75 Å². The standard InChI is InChI=1S/C16H25N3O2/c1-4-19-9-7-13(8-10-19)18(2)16(20)14-11-12(17)5-6-15(14)21-3/h5-6,11,13H,4,7-10,17H2,1-3H3. The highest BCUT2D eigenvalue weighted by atomic mass is 16.5. The van der Waals surface area contributed by atoms with Crippen LogP contribution in [0.1, 0.15) is 30.1 Å². The molecule has 5 heteroatoms. The zero-order valence-electron chi connectivity index (χ0n) is 13.1. The summed E-state index contributed by atoms with van der Waals surface area (Å²) in [6.45, 7) is 5.35. The van der Waals surface area contributed by atoms with Crippen LogP contribution < -0.4 is 10.5 Å². The lowest BCUT2D eigenvalue weighted by atomic mass is 10.0. The number of piperidine rings is 1. The number of hydrogen-bond donors (Lipinski definition) is 1. The monoisotopic (exact) mass is 291 g/mol. The van der Waals surface area contributed by atoms with Gasteiger partial charge in [-0.25, -0.2) is 0 Å². The molecule has 1 fully saturated rings. The molecule has 0 bridgehead atoms. The van der Waals surface area contributed by atoms with Gasteiger partial charge in [0, 0.05) is 31.9 Å². The number of carbonyl (C=O) groups excluding carboxylic acids is 1. The highest BCUT2D eigenvalue weighted by Gasteiger charge is 2.26. The average molecular weight is 291 g/mol. The highest BCUT2D eigenvalue weighted by molar-refractivity contribution is 5.97. The van der Waals surface area contributed by atoms with Gasteiger partial charge in [0.2, 0.25) is 0 Å². The largest absolute Gasteiger partial charge is 0.496 e. The van der Waals surface area contributed by atoms with E-state index in [1.165, 1.54) is 0 Å². The van der Waals surface area contributed by atoms with E-state index in [0.717, 1.165) is 32.5 Å². The molecule has 0 saturated carbocycles. The predicted octanol–water partition coefficient (Wildman–Crippen LogP) is 1.83. The molecule has 0 unspecified atom stereocenters. The molecule has 1 aromatic rings. The van der Waals surface area contributed by atoms with Crippen LogP contribution in [0.2, 0.25) is 0 Å². The third-order valence-corrected chi connectivity index (χ3v) is 4.33. The van der Waals surface area contributed by atoms with Crippen molar-refractivity contribution in [3.8, 4) is 5.75 Å². The fraction of sp³-hybridized carbons (Fsp3) is 0.562. The van der Waals surface area contributed by atoms with Crippen LogP contribution in [-0.4, -0.2) is 55.5 Å². The van der Waals surface area contributed by atoms with E-state index in [1.54, 1.807) is 25.3 Å². The molecule has 21 heavy (non-hydrogen) atoms. The summed E-state index contributed by atoms with van der Waals surface area (Å²) in [5.74, 6) is 0.557. The van der Waals surface area contributed by atoms with Crippen molar-refractivity contribution in [1.82, 2.24) is 9.80 Å². The summed E-state index contributed by atoms with van der Waals surface area (Å²) in [7, 11) is 3.44. The molecule has 116 valence electrons. The minimum atomic E-state index is -0.0194. The Kier molecular flexibility index (Phi) is 5.07. The van der Waals surface area contributed by atoms with Gasteiger partial charge in [-0.15, -0.1) is 0 Å². The van der Waals surface area contributed by atoms with E-state index in [0.29, 0.717) is 17.0 Å². The van der Waals surface area contributed by atoms with Crippen LogP contribution in [0.4, 0.5) is 5.69 Å². The number of ether oxygens (including phenoxy) is 1. The zero-order valence-corrected chi connectivity index (χ0v) is 13.1. The number of amides is 1. The normalized spacial score (nSPS) is 16.7. The lowest BCUT2D eigenvalue weighted by Gasteiger charge is -2.36. The topological polar surface area (TPSA) is 58.8 Å². The number of benzene rings is 1. The van der Waals surface area contributed by atoms with E-state index in [9.17, 15) is 4.79 Å². The second-order valence-electron chi connectivity index (χ2n) is 5.54. The number of hydrogen-bond acceptors (Lipinski definition) is 4. The van der Waals surface area contributed by atoms with Gasteiger partial charge in [0.15, 0.2) is 0 Å². The Morgan fingerprint density at radius 2 is 2.10 bits per heavy atom. The van der Waals surface area contributed by atoms with Gasteiger partial charge in [0.1, 0.15) is 5.75 Å². The first-order valence-corrected chi connectivity index (χ1v) is 7.49. The van der Waals surface area contributed by atoms with Crippen LogP contribution in [0.25, 0.3) is 0 Å². The van der Waals surface area contributed by atoms with Crippen LogP contribution in [0, 0.1) is 0 Å². The lowest BCUT2D eigenvalue weighted by molar-refractivity contribution is 0.0643. The summed E-state index contributed by atoms with van der Waals surface area (Å²) < 4.78 is 5.28. The molecule has 0 atom stereocenters. The number of methoxy groups -OCH3 is 1. The van der Waals surface area contributed by atoms with Gasteiger partial charge in [0.05, 0.1) is 12.7 Å². The smallest absolute Gasteiger partial charge is 0.257 e. The fourth-order valence-electron chi connectivity index (χ4n) is 2.87. The summed E-state index contributed by atoms with van der Waals surface area (Å²) in [5.41, 5.74) is 6.92. The van der Waals surface area contributed by atoms with Gasteiger partial charge in [-0.1, -0.05) is 6.92 Å². The maximum atomic E-state index is 12.7. The first-order chi connectivity index (χ1) is 10.1. The third-order valence-electron chi connectivity index (χ3n) is 4.33. The summed E-state index contributed by atoms with van der Waals surface area (Å²) >= 11 is 0. The van der Waals surface area contributed by atoms with E-state index in [4.69, 9.17) is 10.5 Å². The Bertz CT molecular complexity index is 496. The van der Waals surface area contributed by atoms with Crippen molar-refractivity contribution in [2.75, 3.05) is 39.5 Å². The predicted molar refractivity (Wildman–Crippen MR) is 84.6 cm³/mol. The van der Waals surface area contributed by atoms with Crippen molar-refractivity contribution in [2.45, 2.75) is 25.8 Å². The number of likely N-dealkylation sites (tertiary alicyclic amines) is 1. The summed E-state index contributed by atoms with van der Waals surface area (Å²) in [6.07, 6.45) is 2.03. The summed E-state index contributed by atoms with van der Waals surface area (Å²) in [6, 6.07) is 5.47. The molecule has 1 aromatic carbocycles. The summed E-state index contributed by atoms with van der Waals surface area (Å²) in [5, 5.41) is 0. The van der Waals surface area contributed by atoms with E-state index in [1.807, 2.05) is 11.9 Å². The van der Waals surface area contributed by atoms with Crippen LogP contribution in [0.15, 0.2) is 18.2 Å². The molecule has 2 rings (SSSR count). The Labute approximate surface area is 126 Å². The highest BCUT2D eigenvalue weighted by Crippen LogP contribution is 2.25. The second-order valence-corrected chi connectivity index (χ2v) is 5.54. The molecular formula is C16H25N3O2. The average Bonchev–Trinajstić information content (AvgIpc) is 2.53. The molecule has 2 N–H and O–H groups in total. The molecule has 1 heterocycles. The number of nitrogens with zero attached hydrogens (tertiary/aromatic N) is 2. The maximum absolute atomic E-state index is 12.7. The van der Waals surface area contributed by atoms with E-state index in [-0.39, 0.29) is 11.9 Å². The molecule has 1 saturated heterocycles. The van der Waals surface area contributed by atoms with Gasteiger partial charge in [-0.3, -0.25) is 4.79 Å². The van der Waals surface area contributed by atoms with Gasteiger partial charge in [0.25, 0.3) is 5.91 Å². The van der Waals surface area contributed by atoms with Gasteiger partial charge >= 0.3 is 0 Å². The number of rotatable bonds is 4. The second kappa shape index (κ2) is 6.80. The molecule has 0 aromatic heterocycles. The van der Waals surface area contributed by atoms with Crippen LogP contribution in [-0.2, 0) is 0 Å². The Morgan fingerprint density at radius 1 is 1.43 bits per heavy atom. The lowest BCUT2D eigenvalue weighted by Crippen LogP contribution is -2.45. The number of nitrogens with two attached hydrogens (primary N) is 1. The Morgan fingerprint density at radius 3 is 2.67 bits per heavy atom. The van der Waals surface area contributed by atoms with E-state index >= 15 is 0 Å². The molecule has 1 aliphatic heterocycles. The van der Waals surface area contributed by atoms with Crippen molar-refractivity contribution in [3.63, 3.8) is 0 Å². The third kappa shape index (κ3) is 3.47. The van der Waals surface area contributed by atoms with E-state index in [2.05, 4.69) is 11.8 Å². The SMILES string of the molecule is CCN1CCC(N(C)C(=O)c2cc(N)ccc2OC)CC1. The molecule has 1 aliphatic rings. The zero-order chi connectivity index (χ0) is 15.4. The molecule has 1 amide bonds. The maximum Gasteiger partial charge on any atom is 0.257 e. The van der Waals surface area contributed by atoms with Gasteiger partial charge in [-0.05, 0) is 37.6 Å². The first kappa shape index (κ1) is 15.6. The van der Waals surface area contributed by atoms with Crippen LogP contribution in [0.3, 0.4) is 0 Å². The van der Waals surface area contributed by atoms with E-state index < -0.39 is 0 Å².